The van der Waals surface area contributed by atoms with E-state index in [0.717, 1.165) is 31.0 Å². The Morgan fingerprint density at radius 1 is 1.26 bits per heavy atom. The maximum absolute atomic E-state index is 12.2. The van der Waals surface area contributed by atoms with Crippen molar-refractivity contribution < 1.29 is 22.8 Å². The lowest BCUT2D eigenvalue weighted by Crippen LogP contribution is -2.26. The van der Waals surface area contributed by atoms with Crippen molar-refractivity contribution >= 4 is 15.7 Å². The van der Waals surface area contributed by atoms with Gasteiger partial charge in [-0.3, -0.25) is 10.1 Å². The maximum atomic E-state index is 12.2. The molecule has 0 unspecified atom stereocenters. The van der Waals surface area contributed by atoms with E-state index >= 15 is 0 Å². The van der Waals surface area contributed by atoms with Crippen molar-refractivity contribution in [3.8, 4) is 5.75 Å². The molecule has 0 amide bonds. The van der Waals surface area contributed by atoms with Crippen LogP contribution in [0.25, 0.3) is 0 Å². The smallest absolute Gasteiger partial charge is 0.273 e. The van der Waals surface area contributed by atoms with Gasteiger partial charge in [-0.25, -0.2) is 13.1 Å². The fourth-order valence-electron chi connectivity index (χ4n) is 1.80. The Hall–Kier alpha value is -1.71. The molecule has 0 atom stereocenters. The first-order valence-electron chi connectivity index (χ1n) is 7.32. The lowest BCUT2D eigenvalue weighted by atomic mass is 10.3. The van der Waals surface area contributed by atoms with Crippen LogP contribution in [0.3, 0.4) is 0 Å². The van der Waals surface area contributed by atoms with Crippen molar-refractivity contribution in [3.63, 3.8) is 0 Å². The molecule has 1 rings (SSSR count). The second kappa shape index (κ2) is 9.43. The third kappa shape index (κ3) is 6.12. The van der Waals surface area contributed by atoms with Gasteiger partial charge in [0.2, 0.25) is 10.0 Å². The molecule has 0 spiro atoms. The SMILES string of the molecule is CCCCOCCCNS(=O)(=O)c1ccc([N+](=O)[O-])cc1OC. The largest absolute Gasteiger partial charge is 0.495 e. The summed E-state index contributed by atoms with van der Waals surface area (Å²) in [7, 11) is -2.53. The van der Waals surface area contributed by atoms with E-state index in [1.807, 2.05) is 0 Å². The molecule has 130 valence electrons. The van der Waals surface area contributed by atoms with E-state index < -0.39 is 14.9 Å². The summed E-state index contributed by atoms with van der Waals surface area (Å²) in [4.78, 5) is 9.98. The van der Waals surface area contributed by atoms with Crippen LogP contribution in [0.2, 0.25) is 0 Å². The van der Waals surface area contributed by atoms with Gasteiger partial charge in [-0.05, 0) is 18.9 Å². The number of ether oxygens (including phenoxy) is 2. The van der Waals surface area contributed by atoms with E-state index in [9.17, 15) is 18.5 Å². The molecule has 8 nitrogen and oxygen atoms in total. The highest BCUT2D eigenvalue weighted by Gasteiger charge is 2.21. The fraction of sp³-hybridized carbons (Fsp3) is 0.571. The van der Waals surface area contributed by atoms with Crippen molar-refractivity contribution in [2.75, 3.05) is 26.9 Å². The zero-order valence-corrected chi connectivity index (χ0v) is 14.1. The molecule has 0 aromatic heterocycles. The molecule has 1 N–H and O–H groups in total. The maximum Gasteiger partial charge on any atom is 0.273 e. The molecule has 0 aliphatic heterocycles. The molecule has 0 saturated carbocycles. The van der Waals surface area contributed by atoms with Crippen LogP contribution in [-0.2, 0) is 14.8 Å². The van der Waals surface area contributed by atoms with Gasteiger partial charge in [0.25, 0.3) is 5.69 Å². The molecule has 0 heterocycles. The minimum atomic E-state index is -3.80. The van der Waals surface area contributed by atoms with Crippen LogP contribution in [-0.4, -0.2) is 40.2 Å². The van der Waals surface area contributed by atoms with Crippen LogP contribution < -0.4 is 9.46 Å². The number of benzene rings is 1. The van der Waals surface area contributed by atoms with Crippen LogP contribution in [0.5, 0.6) is 5.75 Å². The molecular formula is C14H22N2O6S. The number of rotatable bonds is 11. The molecule has 0 saturated heterocycles. The molecule has 0 radical (unpaired) electrons. The highest BCUT2D eigenvalue weighted by molar-refractivity contribution is 7.89. The van der Waals surface area contributed by atoms with Crippen LogP contribution in [0, 0.1) is 10.1 Å². The summed E-state index contributed by atoms with van der Waals surface area (Å²) in [5.74, 6) is -0.0640. The summed E-state index contributed by atoms with van der Waals surface area (Å²) < 4.78 is 37.2. The van der Waals surface area contributed by atoms with E-state index in [-0.39, 0.29) is 22.9 Å². The van der Waals surface area contributed by atoms with Gasteiger partial charge in [0, 0.05) is 25.8 Å². The van der Waals surface area contributed by atoms with E-state index in [4.69, 9.17) is 9.47 Å². The molecular weight excluding hydrogens is 324 g/mol. The lowest BCUT2D eigenvalue weighted by molar-refractivity contribution is -0.385. The Kier molecular flexibility index (Phi) is 7.93. The summed E-state index contributed by atoms with van der Waals surface area (Å²) in [6.45, 7) is 3.42. The van der Waals surface area contributed by atoms with Crippen molar-refractivity contribution in [3.05, 3.63) is 28.3 Å². The molecule has 9 heteroatoms. The van der Waals surface area contributed by atoms with Gasteiger partial charge < -0.3 is 9.47 Å². The van der Waals surface area contributed by atoms with Crippen molar-refractivity contribution in [1.29, 1.82) is 0 Å². The normalized spacial score (nSPS) is 11.4. The van der Waals surface area contributed by atoms with Gasteiger partial charge >= 0.3 is 0 Å². The molecule has 23 heavy (non-hydrogen) atoms. The predicted molar refractivity (Wildman–Crippen MR) is 85.2 cm³/mol. The standard InChI is InChI=1S/C14H22N2O6S/c1-3-4-9-22-10-5-8-15-23(19,20)14-7-6-12(16(17)18)11-13(14)21-2/h6-7,11,15H,3-5,8-10H2,1-2H3. The molecule has 0 aliphatic rings. The second-order valence-corrected chi connectivity index (χ2v) is 6.54. The number of non-ortho nitro benzene ring substituents is 1. The summed E-state index contributed by atoms with van der Waals surface area (Å²) >= 11 is 0. The quantitative estimate of drug-likeness (QED) is 0.373. The van der Waals surface area contributed by atoms with E-state index in [2.05, 4.69) is 11.6 Å². The molecule has 1 aromatic carbocycles. The topological polar surface area (TPSA) is 108 Å². The predicted octanol–water partition coefficient (Wildman–Crippen LogP) is 2.09. The first-order chi connectivity index (χ1) is 10.9. The lowest BCUT2D eigenvalue weighted by Gasteiger charge is -2.10. The number of nitro benzene ring substituents is 1. The Labute approximate surface area is 136 Å². The first-order valence-corrected chi connectivity index (χ1v) is 8.80. The Morgan fingerprint density at radius 2 is 1.96 bits per heavy atom. The highest BCUT2D eigenvalue weighted by atomic mass is 32.2. The average Bonchev–Trinajstić information content (AvgIpc) is 2.53. The van der Waals surface area contributed by atoms with Crippen molar-refractivity contribution in [1.82, 2.24) is 4.72 Å². The van der Waals surface area contributed by atoms with Crippen LogP contribution in [0.4, 0.5) is 5.69 Å². The number of nitrogens with zero attached hydrogens (tertiary/aromatic N) is 1. The number of nitrogens with one attached hydrogen (secondary N) is 1. The van der Waals surface area contributed by atoms with Gasteiger partial charge in [0.05, 0.1) is 18.1 Å². The van der Waals surface area contributed by atoms with Crippen LogP contribution >= 0.6 is 0 Å². The molecule has 1 aromatic rings. The van der Waals surface area contributed by atoms with Crippen LogP contribution in [0.1, 0.15) is 26.2 Å². The van der Waals surface area contributed by atoms with Crippen molar-refractivity contribution in [2.45, 2.75) is 31.1 Å². The molecule has 0 fully saturated rings. The first kappa shape index (κ1) is 19.3. The Bertz CT molecular complexity index is 618. The summed E-state index contributed by atoms with van der Waals surface area (Å²) in [6, 6.07) is 3.38. The van der Waals surface area contributed by atoms with Crippen molar-refractivity contribution in [2.24, 2.45) is 0 Å². The van der Waals surface area contributed by atoms with E-state index in [1.165, 1.54) is 7.11 Å². The van der Waals surface area contributed by atoms with Gasteiger partial charge in [0.15, 0.2) is 0 Å². The van der Waals surface area contributed by atoms with Gasteiger partial charge in [-0.2, -0.15) is 0 Å². The second-order valence-electron chi connectivity index (χ2n) is 4.81. The molecule has 0 bridgehead atoms. The van der Waals surface area contributed by atoms with Crippen LogP contribution in [0.15, 0.2) is 23.1 Å². The minimum absolute atomic E-state index is 0.0640. The number of unbranched alkanes of at least 4 members (excludes halogenated alkanes) is 1. The Balaban J connectivity index is 2.64. The summed E-state index contributed by atoms with van der Waals surface area (Å²) in [5.41, 5.74) is -0.231. The zero-order valence-electron chi connectivity index (χ0n) is 13.3. The zero-order chi connectivity index (χ0) is 17.3. The third-order valence-corrected chi connectivity index (χ3v) is 4.55. The van der Waals surface area contributed by atoms with Gasteiger partial charge in [-0.1, -0.05) is 13.3 Å². The average molecular weight is 346 g/mol. The summed E-state index contributed by atoms with van der Waals surface area (Å²) in [5, 5.41) is 10.7. The van der Waals surface area contributed by atoms with Gasteiger partial charge in [-0.15, -0.1) is 0 Å². The monoisotopic (exact) mass is 346 g/mol. The third-order valence-electron chi connectivity index (χ3n) is 3.05. The van der Waals surface area contributed by atoms with E-state index in [0.29, 0.717) is 19.6 Å². The molecule has 0 aliphatic carbocycles. The number of sulfonamides is 1. The number of hydrogen-bond acceptors (Lipinski definition) is 6. The Morgan fingerprint density at radius 3 is 2.57 bits per heavy atom. The summed E-state index contributed by atoms with van der Waals surface area (Å²) in [6.07, 6.45) is 2.57. The minimum Gasteiger partial charge on any atom is -0.495 e. The van der Waals surface area contributed by atoms with Gasteiger partial charge in [0.1, 0.15) is 10.6 Å². The fourth-order valence-corrected chi connectivity index (χ4v) is 3.02. The number of nitro groups is 1. The number of hydrogen-bond donors (Lipinski definition) is 1. The van der Waals surface area contributed by atoms with E-state index in [1.54, 1.807) is 0 Å². The highest BCUT2D eigenvalue weighted by Crippen LogP contribution is 2.28. The number of methoxy groups -OCH3 is 1.